The van der Waals surface area contributed by atoms with Gasteiger partial charge >= 0.3 is 6.09 Å². The number of ether oxygens (including phenoxy) is 1. The lowest BCUT2D eigenvalue weighted by molar-refractivity contribution is 0.0237. The van der Waals surface area contributed by atoms with Crippen molar-refractivity contribution in [2.45, 2.75) is 58.7 Å². The van der Waals surface area contributed by atoms with Crippen molar-refractivity contribution >= 4 is 38.9 Å². The monoisotopic (exact) mass is 496 g/mol. The van der Waals surface area contributed by atoms with Gasteiger partial charge < -0.3 is 19.9 Å². The fourth-order valence-corrected chi connectivity index (χ4v) is 4.98. The van der Waals surface area contributed by atoms with Crippen LogP contribution in [0.3, 0.4) is 0 Å². The smallest absolute Gasteiger partial charge is 0.410 e. The SMILES string of the molecule is CC(C)NS(=O)(=O)CCNc1nc(N2CC[C@@H](N(C)C(=O)OC(C)(C)C)C2)nc2cnn(C)c12. The van der Waals surface area contributed by atoms with Gasteiger partial charge in [-0.25, -0.2) is 22.9 Å². The van der Waals surface area contributed by atoms with Gasteiger partial charge in [0.25, 0.3) is 0 Å². The van der Waals surface area contributed by atoms with Crippen molar-refractivity contribution in [3.63, 3.8) is 0 Å². The van der Waals surface area contributed by atoms with Gasteiger partial charge in [-0.15, -0.1) is 0 Å². The second kappa shape index (κ2) is 9.90. The lowest BCUT2D eigenvalue weighted by Crippen LogP contribution is -2.42. The quantitative estimate of drug-likeness (QED) is 0.558. The molecule has 34 heavy (non-hydrogen) atoms. The van der Waals surface area contributed by atoms with Crippen molar-refractivity contribution in [1.82, 2.24) is 29.4 Å². The number of aromatic nitrogens is 4. The van der Waals surface area contributed by atoms with E-state index >= 15 is 0 Å². The van der Waals surface area contributed by atoms with E-state index in [1.165, 1.54) is 0 Å². The van der Waals surface area contributed by atoms with E-state index in [1.807, 2.05) is 25.7 Å². The Bertz CT molecular complexity index is 1130. The second-order valence-corrected chi connectivity index (χ2v) is 11.7. The van der Waals surface area contributed by atoms with Crippen LogP contribution >= 0.6 is 0 Å². The molecular weight excluding hydrogens is 460 g/mol. The topological polar surface area (TPSA) is 135 Å². The van der Waals surface area contributed by atoms with Crippen LogP contribution in [0.5, 0.6) is 0 Å². The predicted octanol–water partition coefficient (Wildman–Crippen LogP) is 1.55. The molecule has 12 nitrogen and oxygen atoms in total. The van der Waals surface area contributed by atoms with Crippen molar-refractivity contribution < 1.29 is 17.9 Å². The Morgan fingerprint density at radius 1 is 1.32 bits per heavy atom. The van der Waals surface area contributed by atoms with Gasteiger partial charge in [-0.3, -0.25) is 4.68 Å². The molecule has 13 heteroatoms. The molecule has 0 aliphatic carbocycles. The minimum Gasteiger partial charge on any atom is -0.444 e. The normalized spacial score (nSPS) is 16.9. The van der Waals surface area contributed by atoms with E-state index in [-0.39, 0.29) is 30.5 Å². The van der Waals surface area contributed by atoms with Crippen LogP contribution in [0.25, 0.3) is 11.0 Å². The molecule has 0 radical (unpaired) electrons. The van der Waals surface area contributed by atoms with Crippen molar-refractivity contribution in [3.05, 3.63) is 6.20 Å². The van der Waals surface area contributed by atoms with Crippen LogP contribution in [-0.2, 0) is 21.8 Å². The highest BCUT2D eigenvalue weighted by Gasteiger charge is 2.32. The van der Waals surface area contributed by atoms with E-state index < -0.39 is 15.6 Å². The number of carbonyl (C=O) groups excluding carboxylic acids is 1. The summed E-state index contributed by atoms with van der Waals surface area (Å²) in [4.78, 5) is 25.5. The van der Waals surface area contributed by atoms with Gasteiger partial charge in [0, 0.05) is 39.8 Å². The highest BCUT2D eigenvalue weighted by atomic mass is 32.2. The molecule has 3 heterocycles. The largest absolute Gasteiger partial charge is 0.444 e. The fraction of sp³-hybridized carbons (Fsp3) is 0.714. The van der Waals surface area contributed by atoms with Gasteiger partial charge in [-0.05, 0) is 41.0 Å². The molecule has 1 aliphatic heterocycles. The summed E-state index contributed by atoms with van der Waals surface area (Å²) in [6, 6.07) is -0.201. The molecule has 1 aliphatic rings. The summed E-state index contributed by atoms with van der Waals surface area (Å²) in [7, 11) is 0.126. The second-order valence-electron chi connectivity index (χ2n) is 9.87. The highest BCUT2D eigenvalue weighted by molar-refractivity contribution is 7.89. The molecule has 0 saturated carbocycles. The first-order chi connectivity index (χ1) is 15.8. The van der Waals surface area contributed by atoms with Crippen LogP contribution in [0.2, 0.25) is 0 Å². The third-order valence-electron chi connectivity index (χ3n) is 5.33. The summed E-state index contributed by atoms with van der Waals surface area (Å²) in [6.07, 6.45) is 2.05. The zero-order valence-electron chi connectivity index (χ0n) is 21.0. The molecule has 0 spiro atoms. The van der Waals surface area contributed by atoms with E-state index in [4.69, 9.17) is 4.74 Å². The number of carbonyl (C=O) groups is 1. The Balaban J connectivity index is 1.75. The molecule has 0 unspecified atom stereocenters. The van der Waals surface area contributed by atoms with Gasteiger partial charge in [0.15, 0.2) is 5.82 Å². The summed E-state index contributed by atoms with van der Waals surface area (Å²) in [5, 5.41) is 7.42. The summed E-state index contributed by atoms with van der Waals surface area (Å²) in [6.45, 7) is 10.5. The average Bonchev–Trinajstić information content (AvgIpc) is 3.32. The number of amides is 1. The van der Waals surface area contributed by atoms with Crippen LogP contribution < -0.4 is 14.9 Å². The molecule has 1 amide bonds. The summed E-state index contributed by atoms with van der Waals surface area (Å²) >= 11 is 0. The van der Waals surface area contributed by atoms with E-state index in [9.17, 15) is 13.2 Å². The van der Waals surface area contributed by atoms with Crippen LogP contribution in [0, 0.1) is 0 Å². The molecule has 3 rings (SSSR count). The third kappa shape index (κ3) is 6.47. The fourth-order valence-electron chi connectivity index (χ4n) is 3.78. The molecule has 190 valence electrons. The van der Waals surface area contributed by atoms with Crippen LogP contribution in [0.4, 0.5) is 16.6 Å². The third-order valence-corrected chi connectivity index (χ3v) is 6.90. The number of rotatable bonds is 8. The molecule has 1 atom stereocenters. The number of anilines is 2. The van der Waals surface area contributed by atoms with Gasteiger partial charge in [-0.2, -0.15) is 10.1 Å². The molecule has 2 aromatic rings. The zero-order valence-corrected chi connectivity index (χ0v) is 21.8. The molecule has 0 bridgehead atoms. The van der Waals surface area contributed by atoms with Gasteiger partial charge in [0.05, 0.1) is 18.0 Å². The van der Waals surface area contributed by atoms with Gasteiger partial charge in [-0.1, -0.05) is 0 Å². The zero-order chi connectivity index (χ0) is 25.3. The minimum absolute atomic E-state index is 0.0355. The first-order valence-corrected chi connectivity index (χ1v) is 13.1. The summed E-state index contributed by atoms with van der Waals surface area (Å²) in [5.41, 5.74) is 0.790. The van der Waals surface area contributed by atoms with Crippen molar-refractivity contribution in [3.8, 4) is 0 Å². The van der Waals surface area contributed by atoms with Crippen molar-refractivity contribution in [2.75, 3.05) is 42.7 Å². The first kappa shape index (κ1) is 25.9. The molecule has 1 fully saturated rings. The number of hydrogen-bond donors (Lipinski definition) is 2. The molecule has 0 aromatic carbocycles. The molecule has 2 N–H and O–H groups in total. The van der Waals surface area contributed by atoms with Gasteiger partial charge in [0.1, 0.15) is 16.6 Å². The Hall–Kier alpha value is -2.67. The number of fused-ring (bicyclic) bond motifs is 1. The van der Waals surface area contributed by atoms with Crippen molar-refractivity contribution in [2.24, 2.45) is 7.05 Å². The van der Waals surface area contributed by atoms with Crippen LogP contribution in [0.1, 0.15) is 41.0 Å². The van der Waals surface area contributed by atoms with E-state index in [2.05, 4.69) is 25.1 Å². The number of hydrogen-bond acceptors (Lipinski definition) is 9. The maximum atomic E-state index is 12.5. The number of aryl methyl sites for hydroxylation is 1. The van der Waals surface area contributed by atoms with Crippen molar-refractivity contribution in [1.29, 1.82) is 0 Å². The number of sulfonamides is 1. The Morgan fingerprint density at radius 3 is 2.68 bits per heavy atom. The molecule has 2 aromatic heterocycles. The van der Waals surface area contributed by atoms with Crippen LogP contribution in [-0.4, -0.2) is 89.3 Å². The van der Waals surface area contributed by atoms with Gasteiger partial charge in [0.2, 0.25) is 16.0 Å². The summed E-state index contributed by atoms with van der Waals surface area (Å²) in [5.74, 6) is 0.936. The summed E-state index contributed by atoms with van der Waals surface area (Å²) < 4.78 is 34.1. The van der Waals surface area contributed by atoms with Crippen LogP contribution in [0.15, 0.2) is 6.20 Å². The average molecular weight is 497 g/mol. The maximum absolute atomic E-state index is 12.5. The number of likely N-dealkylation sites (N-methyl/N-ethyl adjacent to an activating group) is 1. The van der Waals surface area contributed by atoms with E-state index in [0.29, 0.717) is 35.9 Å². The Labute approximate surface area is 201 Å². The lowest BCUT2D eigenvalue weighted by Gasteiger charge is -2.28. The molecule has 1 saturated heterocycles. The van der Waals surface area contributed by atoms with E-state index in [0.717, 1.165) is 6.42 Å². The standard InChI is InChI=1S/C21H36N8O4S/c1-14(2)26-34(31,32)11-9-22-18-17-16(12-23-28(17)7)24-19(25-18)29-10-8-15(13-29)27(6)20(30)33-21(3,4)5/h12,14-15,26H,8-11,13H2,1-7H3,(H,22,24,25)/t15-/m1/s1. The Kier molecular flexibility index (Phi) is 7.56. The lowest BCUT2D eigenvalue weighted by atomic mass is 10.2. The first-order valence-electron chi connectivity index (χ1n) is 11.4. The predicted molar refractivity (Wildman–Crippen MR) is 131 cm³/mol. The number of nitrogens with zero attached hydrogens (tertiary/aromatic N) is 6. The minimum atomic E-state index is -3.40. The maximum Gasteiger partial charge on any atom is 0.410 e. The van der Waals surface area contributed by atoms with E-state index in [1.54, 1.807) is 43.7 Å². The number of nitrogens with one attached hydrogen (secondary N) is 2. The molecular formula is C21H36N8O4S. The Morgan fingerprint density at radius 2 is 2.03 bits per heavy atom. The highest BCUT2D eigenvalue weighted by Crippen LogP contribution is 2.26.